The van der Waals surface area contributed by atoms with Crippen molar-refractivity contribution in [3.05, 3.63) is 69.8 Å². The number of ether oxygens (including phenoxy) is 1. The van der Waals surface area contributed by atoms with Crippen LogP contribution in [0.2, 0.25) is 0 Å². The molecule has 3 rings (SSSR count). The summed E-state index contributed by atoms with van der Waals surface area (Å²) >= 11 is 0. The van der Waals surface area contributed by atoms with E-state index >= 15 is 0 Å². The van der Waals surface area contributed by atoms with E-state index in [1.54, 1.807) is 12.1 Å². The minimum absolute atomic E-state index is 0.0453. The van der Waals surface area contributed by atoms with Gasteiger partial charge >= 0.3 is 5.97 Å². The van der Waals surface area contributed by atoms with Crippen molar-refractivity contribution in [3.8, 4) is 0 Å². The zero-order valence-corrected chi connectivity index (χ0v) is 13.9. The second kappa shape index (κ2) is 7.79. The predicted octanol–water partition coefficient (Wildman–Crippen LogP) is 3.94. The van der Waals surface area contributed by atoms with Gasteiger partial charge in [-0.15, -0.1) is 0 Å². The van der Waals surface area contributed by atoms with Crippen molar-refractivity contribution in [1.82, 2.24) is 0 Å². The van der Waals surface area contributed by atoms with Crippen LogP contribution < -0.4 is 4.90 Å². The van der Waals surface area contributed by atoms with Gasteiger partial charge in [0, 0.05) is 19.2 Å². The first kappa shape index (κ1) is 17.0. The summed E-state index contributed by atoms with van der Waals surface area (Å²) in [5.41, 5.74) is 1.60. The monoisotopic (exact) mass is 340 g/mol. The highest BCUT2D eigenvalue weighted by Gasteiger charge is 2.23. The van der Waals surface area contributed by atoms with E-state index in [2.05, 4.69) is 0 Å². The summed E-state index contributed by atoms with van der Waals surface area (Å²) < 4.78 is 5.26. The molecule has 2 aromatic rings. The van der Waals surface area contributed by atoms with Gasteiger partial charge in [-0.2, -0.15) is 0 Å². The number of carbonyl (C=O) groups excluding carboxylic acids is 1. The SMILES string of the molecule is O=C(OCc1ccccc1)c1ccc(N2CCCCC2)c([N+](=O)[O-])c1. The molecule has 0 bridgehead atoms. The summed E-state index contributed by atoms with van der Waals surface area (Å²) in [4.78, 5) is 25.2. The van der Waals surface area contributed by atoms with Gasteiger partial charge in [0.15, 0.2) is 0 Å². The Morgan fingerprint density at radius 1 is 1.08 bits per heavy atom. The largest absolute Gasteiger partial charge is 0.457 e. The summed E-state index contributed by atoms with van der Waals surface area (Å²) in [6.45, 7) is 1.75. The van der Waals surface area contributed by atoms with Crippen molar-refractivity contribution >= 4 is 17.3 Å². The Balaban J connectivity index is 1.76. The van der Waals surface area contributed by atoms with E-state index in [0.717, 1.165) is 37.9 Å². The number of hydrogen-bond acceptors (Lipinski definition) is 5. The van der Waals surface area contributed by atoms with Gasteiger partial charge in [-0.05, 0) is 37.0 Å². The fraction of sp³-hybridized carbons (Fsp3) is 0.316. The zero-order valence-electron chi connectivity index (χ0n) is 13.9. The van der Waals surface area contributed by atoms with Gasteiger partial charge in [0.2, 0.25) is 0 Å². The average molecular weight is 340 g/mol. The van der Waals surface area contributed by atoms with E-state index in [0.29, 0.717) is 5.69 Å². The Labute approximate surface area is 146 Å². The van der Waals surface area contributed by atoms with Gasteiger partial charge in [-0.3, -0.25) is 10.1 Å². The number of carbonyl (C=O) groups is 1. The number of nitro groups is 1. The molecule has 0 aromatic heterocycles. The molecular formula is C19H20N2O4. The van der Waals surface area contributed by atoms with Gasteiger partial charge in [0.1, 0.15) is 12.3 Å². The van der Waals surface area contributed by atoms with Crippen LogP contribution in [0.5, 0.6) is 0 Å². The van der Waals surface area contributed by atoms with Crippen molar-refractivity contribution in [2.75, 3.05) is 18.0 Å². The highest BCUT2D eigenvalue weighted by molar-refractivity contribution is 5.91. The van der Waals surface area contributed by atoms with Gasteiger partial charge in [0.25, 0.3) is 5.69 Å². The molecule has 6 nitrogen and oxygen atoms in total. The molecule has 1 aliphatic rings. The number of piperidine rings is 1. The number of hydrogen-bond donors (Lipinski definition) is 0. The maximum atomic E-state index is 12.2. The minimum atomic E-state index is -0.558. The van der Waals surface area contributed by atoms with Gasteiger partial charge in [-0.25, -0.2) is 4.79 Å². The normalized spacial score (nSPS) is 14.2. The maximum absolute atomic E-state index is 12.2. The van der Waals surface area contributed by atoms with Crippen LogP contribution in [0.25, 0.3) is 0 Å². The Bertz CT molecular complexity index is 755. The molecule has 0 radical (unpaired) electrons. The van der Waals surface area contributed by atoms with Crippen LogP contribution in [0.15, 0.2) is 48.5 Å². The fourth-order valence-corrected chi connectivity index (χ4v) is 3.01. The molecule has 0 unspecified atom stereocenters. The van der Waals surface area contributed by atoms with Gasteiger partial charge in [0.05, 0.1) is 10.5 Å². The molecule has 0 saturated carbocycles. The molecule has 130 valence electrons. The molecule has 1 fully saturated rings. The van der Waals surface area contributed by atoms with Crippen LogP contribution in [0, 0.1) is 10.1 Å². The van der Waals surface area contributed by atoms with Crippen LogP contribution >= 0.6 is 0 Å². The standard InChI is InChI=1S/C19H20N2O4/c22-19(25-14-15-7-3-1-4-8-15)16-9-10-17(18(13-16)21(23)24)20-11-5-2-6-12-20/h1,3-4,7-10,13H,2,5-6,11-12,14H2. The maximum Gasteiger partial charge on any atom is 0.338 e. The third kappa shape index (κ3) is 4.15. The zero-order chi connectivity index (χ0) is 17.6. The number of anilines is 1. The van der Waals surface area contributed by atoms with Crippen LogP contribution in [-0.2, 0) is 11.3 Å². The van der Waals surface area contributed by atoms with Crippen molar-refractivity contribution in [3.63, 3.8) is 0 Å². The van der Waals surface area contributed by atoms with Crippen molar-refractivity contribution in [1.29, 1.82) is 0 Å². The topological polar surface area (TPSA) is 72.7 Å². The molecule has 6 heteroatoms. The molecule has 1 aliphatic heterocycles. The van der Waals surface area contributed by atoms with E-state index in [1.807, 2.05) is 35.2 Å². The molecule has 0 aliphatic carbocycles. The second-order valence-corrected chi connectivity index (χ2v) is 6.07. The van der Waals surface area contributed by atoms with E-state index < -0.39 is 10.9 Å². The molecule has 0 amide bonds. The molecular weight excluding hydrogens is 320 g/mol. The number of nitro benzene ring substituents is 1. The van der Waals surface area contributed by atoms with Crippen LogP contribution in [0.1, 0.15) is 35.2 Å². The molecule has 1 heterocycles. The lowest BCUT2D eigenvalue weighted by molar-refractivity contribution is -0.384. The average Bonchev–Trinajstić information content (AvgIpc) is 2.67. The fourth-order valence-electron chi connectivity index (χ4n) is 3.01. The number of esters is 1. The van der Waals surface area contributed by atoms with Crippen LogP contribution in [0.4, 0.5) is 11.4 Å². The first-order chi connectivity index (χ1) is 12.1. The Morgan fingerprint density at radius 3 is 2.48 bits per heavy atom. The number of nitrogens with zero attached hydrogens (tertiary/aromatic N) is 2. The number of benzene rings is 2. The van der Waals surface area contributed by atoms with E-state index in [4.69, 9.17) is 4.74 Å². The minimum Gasteiger partial charge on any atom is -0.457 e. The van der Waals surface area contributed by atoms with E-state index in [-0.39, 0.29) is 17.9 Å². The smallest absolute Gasteiger partial charge is 0.338 e. The molecule has 2 aromatic carbocycles. The Kier molecular flexibility index (Phi) is 5.28. The third-order valence-corrected chi connectivity index (χ3v) is 4.32. The first-order valence-corrected chi connectivity index (χ1v) is 8.39. The summed E-state index contributed by atoms with van der Waals surface area (Å²) in [5.74, 6) is -0.558. The first-order valence-electron chi connectivity index (χ1n) is 8.39. The number of rotatable bonds is 5. The van der Waals surface area contributed by atoms with Gasteiger partial charge < -0.3 is 9.64 Å². The highest BCUT2D eigenvalue weighted by Crippen LogP contribution is 2.31. The molecule has 0 spiro atoms. The molecule has 1 saturated heterocycles. The quantitative estimate of drug-likeness (QED) is 0.468. The van der Waals surface area contributed by atoms with Crippen LogP contribution in [-0.4, -0.2) is 24.0 Å². The summed E-state index contributed by atoms with van der Waals surface area (Å²) in [5, 5.41) is 11.4. The van der Waals surface area contributed by atoms with Crippen molar-refractivity contribution in [2.24, 2.45) is 0 Å². The highest BCUT2D eigenvalue weighted by atomic mass is 16.6. The second-order valence-electron chi connectivity index (χ2n) is 6.07. The molecule has 0 N–H and O–H groups in total. The summed E-state index contributed by atoms with van der Waals surface area (Å²) in [6, 6.07) is 13.9. The Hall–Kier alpha value is -2.89. The molecule has 0 atom stereocenters. The third-order valence-electron chi connectivity index (χ3n) is 4.32. The lowest BCUT2D eigenvalue weighted by Gasteiger charge is -2.28. The van der Waals surface area contributed by atoms with E-state index in [9.17, 15) is 14.9 Å². The van der Waals surface area contributed by atoms with E-state index in [1.165, 1.54) is 6.07 Å². The van der Waals surface area contributed by atoms with Crippen molar-refractivity contribution in [2.45, 2.75) is 25.9 Å². The van der Waals surface area contributed by atoms with Gasteiger partial charge in [-0.1, -0.05) is 30.3 Å². The summed E-state index contributed by atoms with van der Waals surface area (Å²) in [6.07, 6.45) is 3.20. The molecule has 25 heavy (non-hydrogen) atoms. The lowest BCUT2D eigenvalue weighted by atomic mass is 10.1. The Morgan fingerprint density at radius 2 is 1.80 bits per heavy atom. The van der Waals surface area contributed by atoms with Crippen LogP contribution in [0.3, 0.4) is 0 Å². The predicted molar refractivity (Wildman–Crippen MR) is 94.7 cm³/mol. The summed E-state index contributed by atoms with van der Waals surface area (Å²) in [7, 11) is 0. The van der Waals surface area contributed by atoms with Crippen molar-refractivity contribution < 1.29 is 14.5 Å². The lowest BCUT2D eigenvalue weighted by Crippen LogP contribution is -2.30.